The molecule has 0 radical (unpaired) electrons. The van der Waals surface area contributed by atoms with E-state index in [1.807, 2.05) is 24.4 Å². The smallest absolute Gasteiger partial charge is 0.0701 e. The number of hydrogen-bond acceptors (Lipinski definition) is 2. The van der Waals surface area contributed by atoms with E-state index in [1.165, 1.54) is 5.56 Å². The maximum atomic E-state index is 5.81. The van der Waals surface area contributed by atoms with Gasteiger partial charge in [-0.25, -0.2) is 0 Å². The van der Waals surface area contributed by atoms with Crippen LogP contribution >= 0.6 is 23.2 Å². The first-order valence-corrected chi connectivity index (χ1v) is 7.75. The van der Waals surface area contributed by atoms with Gasteiger partial charge in [0.05, 0.1) is 5.69 Å². The predicted molar refractivity (Wildman–Crippen MR) is 86.4 cm³/mol. The molecule has 0 saturated heterocycles. The molecule has 2 nitrogen and oxygen atoms in total. The molecule has 0 amide bonds. The van der Waals surface area contributed by atoms with E-state index in [0.29, 0.717) is 11.8 Å². The summed E-state index contributed by atoms with van der Waals surface area (Å²) in [5, 5.41) is 0. The van der Waals surface area contributed by atoms with Crippen LogP contribution in [0, 0.1) is 0 Å². The van der Waals surface area contributed by atoms with Crippen molar-refractivity contribution in [2.75, 3.05) is 24.8 Å². The average Bonchev–Trinajstić information content (AvgIpc) is 2.49. The Balaban J connectivity index is 2.04. The van der Waals surface area contributed by atoms with Crippen molar-refractivity contribution in [3.63, 3.8) is 0 Å². The van der Waals surface area contributed by atoms with Crippen LogP contribution in [0.5, 0.6) is 0 Å². The highest BCUT2D eigenvalue weighted by atomic mass is 35.5. The molecule has 0 aliphatic carbocycles. The number of hydrogen-bond donors (Lipinski definition) is 0. The lowest BCUT2D eigenvalue weighted by molar-refractivity contribution is 0.299. The molecule has 0 atom stereocenters. The Morgan fingerprint density at radius 1 is 0.900 bits per heavy atom. The van der Waals surface area contributed by atoms with Crippen LogP contribution in [-0.4, -0.2) is 34.7 Å². The maximum Gasteiger partial charge on any atom is 0.0701 e. The van der Waals surface area contributed by atoms with Crippen LogP contribution in [0.3, 0.4) is 0 Å². The van der Waals surface area contributed by atoms with Gasteiger partial charge in [0.15, 0.2) is 0 Å². The first-order chi connectivity index (χ1) is 9.83. The molecule has 1 aromatic heterocycles. The van der Waals surface area contributed by atoms with Gasteiger partial charge >= 0.3 is 0 Å². The molecular formula is C16H18Cl2N2. The van der Waals surface area contributed by atoms with Gasteiger partial charge in [-0.2, -0.15) is 0 Å². The Morgan fingerprint density at radius 3 is 2.15 bits per heavy atom. The van der Waals surface area contributed by atoms with Crippen molar-refractivity contribution < 1.29 is 0 Å². The topological polar surface area (TPSA) is 16.1 Å². The van der Waals surface area contributed by atoms with Crippen LogP contribution in [-0.2, 0) is 6.54 Å². The Morgan fingerprint density at radius 2 is 1.60 bits per heavy atom. The van der Waals surface area contributed by atoms with Crippen molar-refractivity contribution in [3.05, 3.63) is 54.2 Å². The van der Waals surface area contributed by atoms with Gasteiger partial charge < -0.3 is 0 Å². The zero-order valence-electron chi connectivity index (χ0n) is 11.3. The Hall–Kier alpha value is -1.09. The minimum absolute atomic E-state index is 0.628. The minimum atomic E-state index is 0.628. The van der Waals surface area contributed by atoms with Gasteiger partial charge in [-0.15, -0.1) is 23.2 Å². The molecule has 0 aliphatic heterocycles. The van der Waals surface area contributed by atoms with E-state index in [1.54, 1.807) is 0 Å². The molecule has 2 aromatic rings. The molecule has 106 valence electrons. The van der Waals surface area contributed by atoms with Gasteiger partial charge in [0.25, 0.3) is 0 Å². The molecular weight excluding hydrogens is 291 g/mol. The second-order valence-corrected chi connectivity index (χ2v) is 5.32. The predicted octanol–water partition coefficient (Wildman–Crippen LogP) is 4.03. The van der Waals surface area contributed by atoms with E-state index >= 15 is 0 Å². The highest BCUT2D eigenvalue weighted by molar-refractivity contribution is 6.18. The first-order valence-electron chi connectivity index (χ1n) is 6.68. The van der Waals surface area contributed by atoms with Crippen molar-refractivity contribution >= 4 is 23.2 Å². The highest BCUT2D eigenvalue weighted by Crippen LogP contribution is 2.17. The zero-order chi connectivity index (χ0) is 14.2. The average molecular weight is 309 g/mol. The Labute approximate surface area is 130 Å². The van der Waals surface area contributed by atoms with Crippen LogP contribution < -0.4 is 0 Å². The monoisotopic (exact) mass is 308 g/mol. The van der Waals surface area contributed by atoms with Crippen molar-refractivity contribution in [1.29, 1.82) is 0 Å². The third kappa shape index (κ3) is 4.48. The summed E-state index contributed by atoms with van der Waals surface area (Å²) in [6.07, 6.45) is 1.81. The standard InChI is InChI=1S/C16H18Cl2N2/c17-8-11-20(12-9-18)13-14-4-6-15(7-5-14)16-3-1-2-10-19-16/h1-7,10H,8-9,11-13H2. The second-order valence-electron chi connectivity index (χ2n) is 4.57. The van der Waals surface area contributed by atoms with E-state index in [9.17, 15) is 0 Å². The summed E-state index contributed by atoms with van der Waals surface area (Å²) < 4.78 is 0. The fourth-order valence-electron chi connectivity index (χ4n) is 2.08. The Bertz CT molecular complexity index is 494. The number of aromatic nitrogens is 1. The van der Waals surface area contributed by atoms with Crippen LogP contribution in [0.2, 0.25) is 0 Å². The molecule has 0 saturated carbocycles. The van der Waals surface area contributed by atoms with Gasteiger partial charge in [-0.05, 0) is 17.7 Å². The summed E-state index contributed by atoms with van der Waals surface area (Å²) in [6, 6.07) is 14.4. The minimum Gasteiger partial charge on any atom is -0.297 e. The number of pyridine rings is 1. The van der Waals surface area contributed by atoms with E-state index < -0.39 is 0 Å². The number of halogens is 2. The van der Waals surface area contributed by atoms with Crippen molar-refractivity contribution in [2.45, 2.75) is 6.54 Å². The summed E-state index contributed by atoms with van der Waals surface area (Å²) in [7, 11) is 0. The number of rotatable bonds is 7. The lowest BCUT2D eigenvalue weighted by atomic mass is 10.1. The number of nitrogens with zero attached hydrogens (tertiary/aromatic N) is 2. The summed E-state index contributed by atoms with van der Waals surface area (Å²) in [6.45, 7) is 2.59. The van der Waals surface area contributed by atoms with E-state index in [0.717, 1.165) is 30.9 Å². The summed E-state index contributed by atoms with van der Waals surface area (Å²) in [5.41, 5.74) is 3.40. The van der Waals surface area contributed by atoms with Gasteiger partial charge in [-0.1, -0.05) is 30.3 Å². The SMILES string of the molecule is ClCCN(CCCl)Cc1ccc(-c2ccccn2)cc1. The summed E-state index contributed by atoms with van der Waals surface area (Å²) in [5.74, 6) is 1.26. The third-order valence-corrected chi connectivity index (χ3v) is 3.46. The Kier molecular flexibility index (Phi) is 6.31. The zero-order valence-corrected chi connectivity index (χ0v) is 12.8. The highest BCUT2D eigenvalue weighted by Gasteiger charge is 2.05. The molecule has 0 unspecified atom stereocenters. The fraction of sp³-hybridized carbons (Fsp3) is 0.312. The van der Waals surface area contributed by atoms with E-state index in [2.05, 4.69) is 34.1 Å². The van der Waals surface area contributed by atoms with Gasteiger partial charge in [-0.3, -0.25) is 9.88 Å². The van der Waals surface area contributed by atoms with E-state index in [4.69, 9.17) is 23.2 Å². The normalized spacial score (nSPS) is 10.9. The van der Waals surface area contributed by atoms with Crippen LogP contribution in [0.4, 0.5) is 0 Å². The number of benzene rings is 1. The quantitative estimate of drug-likeness (QED) is 0.718. The van der Waals surface area contributed by atoms with Crippen molar-refractivity contribution in [2.24, 2.45) is 0 Å². The molecule has 0 spiro atoms. The molecule has 0 bridgehead atoms. The van der Waals surface area contributed by atoms with Crippen molar-refractivity contribution in [3.8, 4) is 11.3 Å². The molecule has 0 N–H and O–H groups in total. The molecule has 4 heteroatoms. The second kappa shape index (κ2) is 8.25. The maximum absolute atomic E-state index is 5.81. The van der Waals surface area contributed by atoms with Gasteiger partial charge in [0, 0.05) is 43.2 Å². The van der Waals surface area contributed by atoms with Crippen molar-refractivity contribution in [1.82, 2.24) is 9.88 Å². The van der Waals surface area contributed by atoms with E-state index in [-0.39, 0.29) is 0 Å². The number of alkyl halides is 2. The lowest BCUT2D eigenvalue weighted by Gasteiger charge is -2.20. The van der Waals surface area contributed by atoms with Crippen LogP contribution in [0.25, 0.3) is 11.3 Å². The molecule has 0 fully saturated rings. The molecule has 1 aromatic carbocycles. The summed E-state index contributed by atoms with van der Waals surface area (Å²) in [4.78, 5) is 6.61. The summed E-state index contributed by atoms with van der Waals surface area (Å²) >= 11 is 11.6. The molecule has 1 heterocycles. The lowest BCUT2D eigenvalue weighted by Crippen LogP contribution is -2.27. The molecule has 0 aliphatic rings. The van der Waals surface area contributed by atoms with Gasteiger partial charge in [0.1, 0.15) is 0 Å². The fourth-order valence-corrected chi connectivity index (χ4v) is 2.56. The van der Waals surface area contributed by atoms with Crippen LogP contribution in [0.15, 0.2) is 48.7 Å². The third-order valence-electron chi connectivity index (χ3n) is 3.12. The largest absolute Gasteiger partial charge is 0.297 e. The molecule has 2 rings (SSSR count). The molecule has 20 heavy (non-hydrogen) atoms. The van der Waals surface area contributed by atoms with Gasteiger partial charge in [0.2, 0.25) is 0 Å². The van der Waals surface area contributed by atoms with Crippen LogP contribution in [0.1, 0.15) is 5.56 Å². The first kappa shape index (κ1) is 15.3.